The monoisotopic (exact) mass is 266 g/mol. The zero-order valence-electron chi connectivity index (χ0n) is 11.2. The van der Waals surface area contributed by atoms with Gasteiger partial charge in [0.05, 0.1) is 12.2 Å². The lowest BCUT2D eigenvalue weighted by atomic mass is 10.2. The van der Waals surface area contributed by atoms with E-state index in [9.17, 15) is 4.57 Å². The Morgan fingerprint density at radius 3 is 1.94 bits per heavy atom. The van der Waals surface area contributed by atoms with Crippen molar-refractivity contribution >= 4 is 7.60 Å². The summed E-state index contributed by atoms with van der Waals surface area (Å²) in [4.78, 5) is 0. The van der Waals surface area contributed by atoms with Crippen LogP contribution in [-0.4, -0.2) is 12.2 Å². The number of rotatable bonds is 4. The minimum atomic E-state index is -3.36. The molecule has 0 spiro atoms. The highest BCUT2D eigenvalue weighted by Gasteiger charge is 2.25. The molecule has 0 aliphatic carbocycles. The molecule has 0 aliphatic heterocycles. The first kappa shape index (κ1) is 15.0. The van der Waals surface area contributed by atoms with Gasteiger partial charge in [0, 0.05) is 11.2 Å². The van der Waals surface area contributed by atoms with Gasteiger partial charge >= 0.3 is 7.60 Å². The van der Waals surface area contributed by atoms with E-state index in [1.807, 2.05) is 30.3 Å². The lowest BCUT2D eigenvalue weighted by molar-refractivity contribution is 0.151. The van der Waals surface area contributed by atoms with Gasteiger partial charge in [0.15, 0.2) is 0 Å². The molecule has 0 aliphatic rings. The Kier molecular flexibility index (Phi) is 5.62. The van der Waals surface area contributed by atoms with Crippen molar-refractivity contribution in [2.24, 2.45) is 0 Å². The van der Waals surface area contributed by atoms with Gasteiger partial charge in [0.1, 0.15) is 0 Å². The molecule has 0 bridgehead atoms. The predicted molar refractivity (Wildman–Crippen MR) is 73.4 cm³/mol. The standard InChI is InChI=1S/C14H19O3P/c1-12(2)16-18(15,17-13(3)4)11-10-14-8-6-5-7-9-14/h5-9,12-13H,1-4H3. The van der Waals surface area contributed by atoms with Crippen LogP contribution in [0.5, 0.6) is 0 Å². The van der Waals surface area contributed by atoms with Crippen molar-refractivity contribution in [3.05, 3.63) is 35.9 Å². The second-order valence-corrected chi connectivity index (χ2v) is 6.05. The van der Waals surface area contributed by atoms with Gasteiger partial charge in [-0.15, -0.1) is 0 Å². The maximum Gasteiger partial charge on any atom is 0.406 e. The van der Waals surface area contributed by atoms with Gasteiger partial charge in [-0.1, -0.05) is 24.1 Å². The summed E-state index contributed by atoms with van der Waals surface area (Å²) in [6.07, 6.45) is -0.390. The van der Waals surface area contributed by atoms with E-state index in [4.69, 9.17) is 9.05 Å². The molecule has 1 rings (SSSR count). The van der Waals surface area contributed by atoms with Crippen molar-refractivity contribution in [1.29, 1.82) is 0 Å². The first-order chi connectivity index (χ1) is 8.41. The van der Waals surface area contributed by atoms with Crippen LogP contribution in [0.3, 0.4) is 0 Å². The van der Waals surface area contributed by atoms with Gasteiger partial charge in [0.2, 0.25) is 0 Å². The fraction of sp³-hybridized carbons (Fsp3) is 0.429. The topological polar surface area (TPSA) is 35.5 Å². The summed E-state index contributed by atoms with van der Waals surface area (Å²) >= 11 is 0. The largest absolute Gasteiger partial charge is 0.406 e. The highest BCUT2D eigenvalue weighted by Crippen LogP contribution is 2.49. The Hall–Kier alpha value is -1.07. The molecule has 0 saturated heterocycles. The average Bonchev–Trinajstić information content (AvgIpc) is 2.26. The Bertz CT molecular complexity index is 455. The molecular weight excluding hydrogens is 247 g/mol. The molecule has 0 saturated carbocycles. The average molecular weight is 266 g/mol. The Morgan fingerprint density at radius 1 is 1.00 bits per heavy atom. The number of hydrogen-bond acceptors (Lipinski definition) is 3. The molecule has 0 aromatic heterocycles. The molecule has 0 radical (unpaired) electrons. The third-order valence-electron chi connectivity index (χ3n) is 1.81. The molecule has 0 fully saturated rings. The van der Waals surface area contributed by atoms with E-state index in [0.29, 0.717) is 0 Å². The second-order valence-electron chi connectivity index (χ2n) is 4.41. The first-order valence-corrected chi connectivity index (χ1v) is 7.51. The molecule has 1 aromatic rings. The van der Waals surface area contributed by atoms with Gasteiger partial charge in [-0.05, 0) is 39.8 Å². The van der Waals surface area contributed by atoms with E-state index >= 15 is 0 Å². The Morgan fingerprint density at radius 2 is 1.50 bits per heavy atom. The zero-order valence-corrected chi connectivity index (χ0v) is 12.1. The van der Waals surface area contributed by atoms with Crippen molar-refractivity contribution < 1.29 is 13.6 Å². The molecule has 0 atom stereocenters. The van der Waals surface area contributed by atoms with E-state index in [-0.39, 0.29) is 12.2 Å². The summed E-state index contributed by atoms with van der Waals surface area (Å²) in [5.41, 5.74) is 3.43. The molecule has 18 heavy (non-hydrogen) atoms. The van der Waals surface area contributed by atoms with Crippen LogP contribution in [0.4, 0.5) is 0 Å². The molecule has 3 nitrogen and oxygen atoms in total. The van der Waals surface area contributed by atoms with Crippen LogP contribution < -0.4 is 0 Å². The molecular formula is C14H19O3P. The minimum absolute atomic E-state index is 0.195. The highest BCUT2D eigenvalue weighted by atomic mass is 31.2. The smallest absolute Gasteiger partial charge is 0.297 e. The summed E-state index contributed by atoms with van der Waals surface area (Å²) < 4.78 is 23.0. The van der Waals surface area contributed by atoms with Crippen LogP contribution in [-0.2, 0) is 13.6 Å². The van der Waals surface area contributed by atoms with Gasteiger partial charge in [0.25, 0.3) is 0 Å². The van der Waals surface area contributed by atoms with Crippen molar-refractivity contribution in [1.82, 2.24) is 0 Å². The summed E-state index contributed by atoms with van der Waals surface area (Å²) in [6, 6.07) is 9.35. The summed E-state index contributed by atoms with van der Waals surface area (Å²) in [7, 11) is -3.36. The van der Waals surface area contributed by atoms with Gasteiger partial charge in [-0.3, -0.25) is 9.05 Å². The van der Waals surface area contributed by atoms with Crippen LogP contribution >= 0.6 is 7.60 Å². The number of hydrogen-bond donors (Lipinski definition) is 0. The van der Waals surface area contributed by atoms with E-state index in [0.717, 1.165) is 5.56 Å². The normalized spacial score (nSPS) is 11.4. The number of benzene rings is 1. The lowest BCUT2D eigenvalue weighted by Crippen LogP contribution is -2.06. The van der Waals surface area contributed by atoms with Crippen molar-refractivity contribution in [3.63, 3.8) is 0 Å². The fourth-order valence-electron chi connectivity index (χ4n) is 1.29. The van der Waals surface area contributed by atoms with Crippen molar-refractivity contribution in [2.75, 3.05) is 0 Å². The molecule has 4 heteroatoms. The fourth-order valence-corrected chi connectivity index (χ4v) is 2.82. The highest BCUT2D eigenvalue weighted by molar-refractivity contribution is 7.59. The molecule has 1 aromatic carbocycles. The Balaban J connectivity index is 2.92. The van der Waals surface area contributed by atoms with E-state index < -0.39 is 7.60 Å². The van der Waals surface area contributed by atoms with Crippen LogP contribution in [0.2, 0.25) is 0 Å². The molecule has 98 valence electrons. The third-order valence-corrected chi connectivity index (χ3v) is 3.59. The molecule has 0 N–H and O–H groups in total. The lowest BCUT2D eigenvalue weighted by Gasteiger charge is -2.17. The summed E-state index contributed by atoms with van der Waals surface area (Å²) in [6.45, 7) is 7.22. The second kappa shape index (κ2) is 6.75. The third kappa shape index (κ3) is 5.51. The maximum absolute atomic E-state index is 12.4. The molecule has 0 heterocycles. The first-order valence-electron chi connectivity index (χ1n) is 5.96. The van der Waals surface area contributed by atoms with Crippen LogP contribution in [0.15, 0.2) is 30.3 Å². The van der Waals surface area contributed by atoms with Gasteiger partial charge < -0.3 is 0 Å². The van der Waals surface area contributed by atoms with Crippen molar-refractivity contribution in [2.45, 2.75) is 39.9 Å². The minimum Gasteiger partial charge on any atom is -0.297 e. The molecule has 0 amide bonds. The zero-order chi connectivity index (χ0) is 13.6. The Labute approximate surface area is 109 Å². The van der Waals surface area contributed by atoms with Crippen LogP contribution in [0.1, 0.15) is 33.3 Å². The summed E-state index contributed by atoms with van der Waals surface area (Å²) in [5, 5.41) is 0. The molecule has 0 unspecified atom stereocenters. The van der Waals surface area contributed by atoms with Crippen LogP contribution in [0.25, 0.3) is 0 Å². The van der Waals surface area contributed by atoms with Crippen molar-refractivity contribution in [3.8, 4) is 11.6 Å². The summed E-state index contributed by atoms with van der Waals surface area (Å²) in [5.74, 6) is 2.83. The van der Waals surface area contributed by atoms with Crippen LogP contribution in [0, 0.1) is 11.6 Å². The maximum atomic E-state index is 12.4. The van der Waals surface area contributed by atoms with E-state index in [2.05, 4.69) is 11.6 Å². The van der Waals surface area contributed by atoms with Gasteiger partial charge in [-0.25, -0.2) is 4.57 Å². The van der Waals surface area contributed by atoms with E-state index in [1.165, 1.54) is 0 Å². The SMILES string of the molecule is CC(C)OP(=O)(C#Cc1ccccc1)OC(C)C. The van der Waals surface area contributed by atoms with Gasteiger partial charge in [-0.2, -0.15) is 0 Å². The van der Waals surface area contributed by atoms with E-state index in [1.54, 1.807) is 27.7 Å². The predicted octanol–water partition coefficient (Wildman–Crippen LogP) is 4.04. The quantitative estimate of drug-likeness (QED) is 0.609.